The summed E-state index contributed by atoms with van der Waals surface area (Å²) in [6, 6.07) is 14.0. The molecule has 0 radical (unpaired) electrons. The molecular weight excluding hydrogens is 360 g/mol. The number of para-hydroxylation sites is 1. The van der Waals surface area contributed by atoms with Gasteiger partial charge in [0, 0.05) is 23.1 Å². The number of hydrogen-bond acceptors (Lipinski definition) is 3. The number of halogens is 1. The molecule has 0 bridgehead atoms. The molecule has 3 rings (SSSR count). The number of carbonyl (C=O) groups excluding carboxylic acids is 1. The van der Waals surface area contributed by atoms with Crippen LogP contribution in [0.1, 0.15) is 28.8 Å². The molecule has 23 heavy (non-hydrogen) atoms. The molecular formula is C17H15BrN2O3. The summed E-state index contributed by atoms with van der Waals surface area (Å²) in [6.07, 6.45) is 1.89. The van der Waals surface area contributed by atoms with Gasteiger partial charge in [0.05, 0.1) is 4.92 Å². The van der Waals surface area contributed by atoms with Crippen LogP contribution in [0.2, 0.25) is 0 Å². The first kappa shape index (κ1) is 15.7. The van der Waals surface area contributed by atoms with Crippen molar-refractivity contribution in [2.45, 2.75) is 25.4 Å². The van der Waals surface area contributed by atoms with E-state index in [1.54, 1.807) is 17.0 Å². The Morgan fingerprint density at radius 2 is 1.96 bits per heavy atom. The predicted octanol–water partition coefficient (Wildman–Crippen LogP) is 4.16. The number of nitro benzene ring substituents is 1. The Balaban J connectivity index is 1.90. The van der Waals surface area contributed by atoms with E-state index in [4.69, 9.17) is 0 Å². The van der Waals surface area contributed by atoms with Gasteiger partial charge in [0.15, 0.2) is 0 Å². The van der Waals surface area contributed by atoms with Crippen molar-refractivity contribution in [3.8, 4) is 0 Å². The highest BCUT2D eigenvalue weighted by atomic mass is 79.9. The van der Waals surface area contributed by atoms with Crippen molar-refractivity contribution in [2.75, 3.05) is 0 Å². The van der Waals surface area contributed by atoms with Gasteiger partial charge < -0.3 is 4.90 Å². The summed E-state index contributed by atoms with van der Waals surface area (Å²) in [4.78, 5) is 25.3. The minimum absolute atomic E-state index is 0.141. The highest BCUT2D eigenvalue weighted by Crippen LogP contribution is 2.32. The second-order valence-electron chi connectivity index (χ2n) is 5.57. The van der Waals surface area contributed by atoms with Gasteiger partial charge in [-0.15, -0.1) is 0 Å². The fraction of sp³-hybridized carbons (Fsp3) is 0.235. The molecule has 0 saturated heterocycles. The number of benzene rings is 2. The molecule has 0 unspecified atom stereocenters. The second kappa shape index (κ2) is 6.50. The van der Waals surface area contributed by atoms with Gasteiger partial charge in [-0.25, -0.2) is 0 Å². The van der Waals surface area contributed by atoms with Gasteiger partial charge in [0.1, 0.15) is 5.56 Å². The quantitative estimate of drug-likeness (QED) is 0.582. The van der Waals surface area contributed by atoms with E-state index >= 15 is 0 Å². The fourth-order valence-electron chi connectivity index (χ4n) is 2.55. The van der Waals surface area contributed by atoms with Crippen molar-refractivity contribution < 1.29 is 9.72 Å². The minimum atomic E-state index is -0.503. The first-order valence-electron chi connectivity index (χ1n) is 7.35. The molecule has 0 heterocycles. The van der Waals surface area contributed by atoms with Crippen LogP contribution in [0.5, 0.6) is 0 Å². The lowest BCUT2D eigenvalue weighted by Crippen LogP contribution is -2.33. The van der Waals surface area contributed by atoms with E-state index in [1.807, 2.05) is 24.3 Å². The molecule has 1 amide bonds. The van der Waals surface area contributed by atoms with Crippen molar-refractivity contribution >= 4 is 27.5 Å². The maximum absolute atomic E-state index is 12.9. The standard InChI is InChI=1S/C17H15BrN2O3/c18-13-5-3-4-12(10-13)11-19(14-8-9-14)17(21)15-6-1-2-7-16(15)20(22)23/h1-7,10,14H,8-9,11H2. The Kier molecular flexibility index (Phi) is 4.43. The van der Waals surface area contributed by atoms with Crippen molar-refractivity contribution in [3.05, 3.63) is 74.2 Å². The van der Waals surface area contributed by atoms with E-state index in [0.29, 0.717) is 6.54 Å². The van der Waals surface area contributed by atoms with E-state index in [0.717, 1.165) is 22.9 Å². The van der Waals surface area contributed by atoms with Gasteiger partial charge in [-0.2, -0.15) is 0 Å². The van der Waals surface area contributed by atoms with E-state index < -0.39 is 4.92 Å². The molecule has 0 spiro atoms. The van der Waals surface area contributed by atoms with Crippen LogP contribution < -0.4 is 0 Å². The topological polar surface area (TPSA) is 63.4 Å². The van der Waals surface area contributed by atoms with E-state index in [1.165, 1.54) is 12.1 Å². The third-order valence-electron chi connectivity index (χ3n) is 3.82. The van der Waals surface area contributed by atoms with Crippen molar-refractivity contribution in [1.82, 2.24) is 4.90 Å². The highest BCUT2D eigenvalue weighted by Gasteiger charge is 2.35. The van der Waals surface area contributed by atoms with Crippen molar-refractivity contribution in [1.29, 1.82) is 0 Å². The van der Waals surface area contributed by atoms with Crippen LogP contribution in [-0.4, -0.2) is 21.8 Å². The lowest BCUT2D eigenvalue weighted by molar-refractivity contribution is -0.385. The number of rotatable bonds is 5. The Labute approximate surface area is 142 Å². The zero-order chi connectivity index (χ0) is 16.4. The third kappa shape index (κ3) is 3.59. The molecule has 0 aromatic heterocycles. The average Bonchev–Trinajstić information content (AvgIpc) is 3.37. The summed E-state index contributed by atoms with van der Waals surface area (Å²) in [5.74, 6) is -0.278. The van der Waals surface area contributed by atoms with Crippen LogP contribution in [0, 0.1) is 10.1 Å². The van der Waals surface area contributed by atoms with E-state index in [2.05, 4.69) is 15.9 Å². The summed E-state index contributed by atoms with van der Waals surface area (Å²) in [6.45, 7) is 0.453. The Hall–Kier alpha value is -2.21. The molecule has 0 atom stereocenters. The van der Waals surface area contributed by atoms with Gasteiger partial charge in [-0.3, -0.25) is 14.9 Å². The molecule has 1 fully saturated rings. The Bertz CT molecular complexity index is 759. The maximum Gasteiger partial charge on any atom is 0.282 e. The summed E-state index contributed by atoms with van der Waals surface area (Å²) in [5, 5.41) is 11.2. The molecule has 5 nitrogen and oxygen atoms in total. The largest absolute Gasteiger partial charge is 0.331 e. The van der Waals surface area contributed by atoms with Crippen LogP contribution in [0.4, 0.5) is 5.69 Å². The van der Waals surface area contributed by atoms with Gasteiger partial charge in [-0.05, 0) is 36.6 Å². The second-order valence-corrected chi connectivity index (χ2v) is 6.48. The number of hydrogen-bond donors (Lipinski definition) is 0. The summed E-state index contributed by atoms with van der Waals surface area (Å²) in [5.41, 5.74) is 1.01. The molecule has 1 aliphatic rings. The van der Waals surface area contributed by atoms with Crippen molar-refractivity contribution in [3.63, 3.8) is 0 Å². The first-order chi connectivity index (χ1) is 11.1. The highest BCUT2D eigenvalue weighted by molar-refractivity contribution is 9.10. The predicted molar refractivity (Wildman–Crippen MR) is 90.1 cm³/mol. The molecule has 2 aromatic carbocycles. The van der Waals surface area contributed by atoms with Gasteiger partial charge in [-0.1, -0.05) is 40.2 Å². The zero-order valence-electron chi connectivity index (χ0n) is 12.3. The van der Waals surface area contributed by atoms with Crippen LogP contribution in [0.25, 0.3) is 0 Å². The number of carbonyl (C=O) groups is 1. The molecule has 0 N–H and O–H groups in total. The number of nitro groups is 1. The third-order valence-corrected chi connectivity index (χ3v) is 4.31. The Morgan fingerprint density at radius 3 is 2.61 bits per heavy atom. The lowest BCUT2D eigenvalue weighted by atomic mass is 10.1. The zero-order valence-corrected chi connectivity index (χ0v) is 13.9. The molecule has 6 heteroatoms. The van der Waals surface area contributed by atoms with Gasteiger partial charge in [0.2, 0.25) is 0 Å². The smallest absolute Gasteiger partial charge is 0.282 e. The molecule has 1 aliphatic carbocycles. The minimum Gasteiger partial charge on any atom is -0.331 e. The number of amides is 1. The molecule has 2 aromatic rings. The SMILES string of the molecule is O=C(c1ccccc1[N+](=O)[O-])N(Cc1cccc(Br)c1)C1CC1. The van der Waals surface area contributed by atoms with Crippen LogP contribution in [0.3, 0.4) is 0 Å². The van der Waals surface area contributed by atoms with Gasteiger partial charge in [0.25, 0.3) is 11.6 Å². The normalized spacial score (nSPS) is 13.6. The molecule has 118 valence electrons. The summed E-state index contributed by atoms with van der Waals surface area (Å²) in [7, 11) is 0. The molecule has 0 aliphatic heterocycles. The number of nitrogens with zero attached hydrogens (tertiary/aromatic N) is 2. The monoisotopic (exact) mass is 374 g/mol. The van der Waals surface area contributed by atoms with Crippen LogP contribution in [-0.2, 0) is 6.54 Å². The summed E-state index contributed by atoms with van der Waals surface area (Å²) < 4.78 is 0.948. The fourth-order valence-corrected chi connectivity index (χ4v) is 3.00. The average molecular weight is 375 g/mol. The maximum atomic E-state index is 12.9. The lowest BCUT2D eigenvalue weighted by Gasteiger charge is -2.22. The first-order valence-corrected chi connectivity index (χ1v) is 8.14. The summed E-state index contributed by atoms with van der Waals surface area (Å²) >= 11 is 3.42. The van der Waals surface area contributed by atoms with Crippen LogP contribution >= 0.6 is 15.9 Å². The molecule has 1 saturated carbocycles. The van der Waals surface area contributed by atoms with E-state index in [9.17, 15) is 14.9 Å². The van der Waals surface area contributed by atoms with Crippen LogP contribution in [0.15, 0.2) is 53.0 Å². The van der Waals surface area contributed by atoms with Crippen molar-refractivity contribution in [2.24, 2.45) is 0 Å². The van der Waals surface area contributed by atoms with E-state index in [-0.39, 0.29) is 23.2 Å². The Morgan fingerprint density at radius 1 is 1.22 bits per heavy atom. The van der Waals surface area contributed by atoms with Gasteiger partial charge >= 0.3 is 0 Å².